The SMILES string of the molecule is COCCC(O)C(=O)N(C)C. The molecule has 0 saturated carbocycles. The molecule has 66 valence electrons. The third-order valence-electron chi connectivity index (χ3n) is 1.32. The first-order valence-electron chi connectivity index (χ1n) is 3.47. The minimum Gasteiger partial charge on any atom is -0.385 e. The fourth-order valence-electron chi connectivity index (χ4n) is 0.651. The van der Waals surface area contributed by atoms with E-state index in [1.54, 1.807) is 14.1 Å². The Balaban J connectivity index is 3.64. The van der Waals surface area contributed by atoms with Crippen LogP contribution in [0.1, 0.15) is 6.42 Å². The Morgan fingerprint density at radius 3 is 2.55 bits per heavy atom. The summed E-state index contributed by atoms with van der Waals surface area (Å²) in [6.45, 7) is 0.404. The van der Waals surface area contributed by atoms with Crippen LogP contribution < -0.4 is 0 Å². The Labute approximate surface area is 66.8 Å². The molecule has 0 aliphatic carbocycles. The van der Waals surface area contributed by atoms with Gasteiger partial charge in [0.15, 0.2) is 0 Å². The zero-order chi connectivity index (χ0) is 8.85. The fourth-order valence-corrected chi connectivity index (χ4v) is 0.651. The van der Waals surface area contributed by atoms with E-state index >= 15 is 0 Å². The Kier molecular flexibility index (Phi) is 4.81. The minimum absolute atomic E-state index is 0.276. The molecular formula is C7H15NO3. The zero-order valence-corrected chi connectivity index (χ0v) is 7.20. The van der Waals surface area contributed by atoms with E-state index in [4.69, 9.17) is 9.84 Å². The molecule has 1 N–H and O–H groups in total. The maximum Gasteiger partial charge on any atom is 0.250 e. The van der Waals surface area contributed by atoms with E-state index in [-0.39, 0.29) is 5.91 Å². The quantitative estimate of drug-likeness (QED) is 0.603. The molecule has 4 heteroatoms. The van der Waals surface area contributed by atoms with Crippen molar-refractivity contribution in [1.29, 1.82) is 0 Å². The van der Waals surface area contributed by atoms with E-state index in [1.165, 1.54) is 12.0 Å². The van der Waals surface area contributed by atoms with Gasteiger partial charge < -0.3 is 14.7 Å². The van der Waals surface area contributed by atoms with Gasteiger partial charge in [0.25, 0.3) is 5.91 Å². The predicted octanol–water partition coefficient (Wildman–Crippen LogP) is -0.528. The largest absolute Gasteiger partial charge is 0.385 e. The number of hydrogen-bond acceptors (Lipinski definition) is 3. The zero-order valence-electron chi connectivity index (χ0n) is 7.20. The number of ether oxygens (including phenoxy) is 1. The first-order valence-corrected chi connectivity index (χ1v) is 3.47. The number of hydrogen-bond donors (Lipinski definition) is 1. The second-order valence-electron chi connectivity index (χ2n) is 2.53. The third kappa shape index (κ3) is 3.95. The molecule has 0 rings (SSSR count). The van der Waals surface area contributed by atoms with Crippen LogP contribution in [-0.4, -0.2) is 49.8 Å². The van der Waals surface area contributed by atoms with Gasteiger partial charge >= 0.3 is 0 Å². The molecule has 4 nitrogen and oxygen atoms in total. The fraction of sp³-hybridized carbons (Fsp3) is 0.857. The van der Waals surface area contributed by atoms with Gasteiger partial charge in [-0.2, -0.15) is 0 Å². The molecule has 0 aliphatic rings. The number of aliphatic hydroxyl groups excluding tert-OH is 1. The van der Waals surface area contributed by atoms with Crippen molar-refractivity contribution in [3.05, 3.63) is 0 Å². The lowest BCUT2D eigenvalue weighted by Gasteiger charge is -2.14. The second kappa shape index (κ2) is 5.09. The van der Waals surface area contributed by atoms with E-state index < -0.39 is 6.10 Å². The highest BCUT2D eigenvalue weighted by molar-refractivity contribution is 5.79. The van der Waals surface area contributed by atoms with Gasteiger partial charge in [-0.25, -0.2) is 0 Å². The summed E-state index contributed by atoms with van der Waals surface area (Å²) in [6.07, 6.45) is -0.571. The van der Waals surface area contributed by atoms with Crippen LogP contribution in [-0.2, 0) is 9.53 Å². The number of methoxy groups -OCH3 is 1. The molecule has 11 heavy (non-hydrogen) atoms. The summed E-state index contributed by atoms with van der Waals surface area (Å²) in [4.78, 5) is 12.3. The maximum absolute atomic E-state index is 11.0. The number of carbonyl (C=O) groups is 1. The third-order valence-corrected chi connectivity index (χ3v) is 1.32. The van der Waals surface area contributed by atoms with Crippen molar-refractivity contribution in [2.24, 2.45) is 0 Å². The summed E-state index contributed by atoms with van der Waals surface area (Å²) >= 11 is 0. The van der Waals surface area contributed by atoms with Gasteiger partial charge in [-0.15, -0.1) is 0 Å². The minimum atomic E-state index is -0.926. The van der Waals surface area contributed by atoms with Crippen molar-refractivity contribution in [2.75, 3.05) is 27.8 Å². The number of carbonyl (C=O) groups excluding carboxylic acids is 1. The van der Waals surface area contributed by atoms with Crippen LogP contribution in [0.25, 0.3) is 0 Å². The molecule has 0 aromatic carbocycles. The lowest BCUT2D eigenvalue weighted by Crippen LogP contribution is -2.34. The summed E-state index contributed by atoms with van der Waals surface area (Å²) < 4.78 is 4.71. The molecule has 0 aromatic rings. The van der Waals surface area contributed by atoms with Crippen molar-refractivity contribution in [1.82, 2.24) is 4.90 Å². The van der Waals surface area contributed by atoms with E-state index in [9.17, 15) is 4.79 Å². The molecule has 0 spiro atoms. The Bertz CT molecular complexity index is 125. The van der Waals surface area contributed by atoms with E-state index in [0.717, 1.165) is 0 Å². The van der Waals surface area contributed by atoms with E-state index in [0.29, 0.717) is 13.0 Å². The van der Waals surface area contributed by atoms with Gasteiger partial charge in [-0.1, -0.05) is 0 Å². The van der Waals surface area contributed by atoms with Gasteiger partial charge in [-0.05, 0) is 0 Å². The number of nitrogens with zero attached hydrogens (tertiary/aromatic N) is 1. The van der Waals surface area contributed by atoms with Crippen molar-refractivity contribution in [3.63, 3.8) is 0 Å². The van der Waals surface area contributed by atoms with E-state index in [2.05, 4.69) is 0 Å². The van der Waals surface area contributed by atoms with Crippen molar-refractivity contribution < 1.29 is 14.6 Å². The summed E-state index contributed by atoms with van der Waals surface area (Å²) in [7, 11) is 4.75. The monoisotopic (exact) mass is 161 g/mol. The smallest absolute Gasteiger partial charge is 0.250 e. The van der Waals surface area contributed by atoms with Crippen LogP contribution in [0.2, 0.25) is 0 Å². The molecule has 0 aliphatic heterocycles. The molecule has 0 fully saturated rings. The normalized spacial score (nSPS) is 12.7. The Morgan fingerprint density at radius 1 is 1.64 bits per heavy atom. The van der Waals surface area contributed by atoms with Gasteiger partial charge in [0.1, 0.15) is 6.10 Å². The highest BCUT2D eigenvalue weighted by Crippen LogP contribution is 1.95. The average Bonchev–Trinajstić information content (AvgIpc) is 1.98. The molecule has 1 unspecified atom stereocenters. The van der Waals surface area contributed by atoms with E-state index in [1.807, 2.05) is 0 Å². The highest BCUT2D eigenvalue weighted by Gasteiger charge is 2.15. The molecule has 1 atom stereocenters. The summed E-state index contributed by atoms with van der Waals surface area (Å²) in [5.41, 5.74) is 0. The molecule has 0 radical (unpaired) electrons. The Hall–Kier alpha value is -0.610. The number of aliphatic hydroxyl groups is 1. The van der Waals surface area contributed by atoms with Gasteiger partial charge in [-0.3, -0.25) is 4.79 Å². The topological polar surface area (TPSA) is 49.8 Å². The molecule has 0 aromatic heterocycles. The van der Waals surface area contributed by atoms with Crippen LogP contribution in [0.4, 0.5) is 0 Å². The number of amides is 1. The second-order valence-corrected chi connectivity index (χ2v) is 2.53. The van der Waals surface area contributed by atoms with Crippen LogP contribution in [0.15, 0.2) is 0 Å². The summed E-state index contributed by atoms with van der Waals surface area (Å²) in [5, 5.41) is 9.15. The van der Waals surface area contributed by atoms with Gasteiger partial charge in [0.05, 0.1) is 0 Å². The molecule has 0 heterocycles. The van der Waals surface area contributed by atoms with Crippen molar-refractivity contribution in [3.8, 4) is 0 Å². The maximum atomic E-state index is 11.0. The number of likely N-dealkylation sites (N-methyl/N-ethyl adjacent to an activating group) is 1. The number of rotatable bonds is 4. The first kappa shape index (κ1) is 10.4. The first-order chi connectivity index (χ1) is 5.09. The molecular weight excluding hydrogens is 146 g/mol. The Morgan fingerprint density at radius 2 is 2.18 bits per heavy atom. The highest BCUT2D eigenvalue weighted by atomic mass is 16.5. The molecule has 0 saturated heterocycles. The van der Waals surface area contributed by atoms with Crippen LogP contribution in [0.5, 0.6) is 0 Å². The van der Waals surface area contributed by atoms with Gasteiger partial charge in [0.2, 0.25) is 0 Å². The van der Waals surface area contributed by atoms with Crippen molar-refractivity contribution >= 4 is 5.91 Å². The lowest BCUT2D eigenvalue weighted by molar-refractivity contribution is -0.138. The average molecular weight is 161 g/mol. The summed E-state index contributed by atoms with van der Waals surface area (Å²) in [6, 6.07) is 0. The molecule has 0 bridgehead atoms. The standard InChI is InChI=1S/C7H15NO3/c1-8(2)7(10)6(9)4-5-11-3/h6,9H,4-5H2,1-3H3. The van der Waals surface area contributed by atoms with Gasteiger partial charge in [0, 0.05) is 34.2 Å². The van der Waals surface area contributed by atoms with Crippen LogP contribution >= 0.6 is 0 Å². The predicted molar refractivity (Wildman–Crippen MR) is 41.2 cm³/mol. The van der Waals surface area contributed by atoms with Crippen molar-refractivity contribution in [2.45, 2.75) is 12.5 Å². The van der Waals surface area contributed by atoms with Crippen LogP contribution in [0, 0.1) is 0 Å². The summed E-state index contributed by atoms with van der Waals surface area (Å²) in [5.74, 6) is -0.276. The van der Waals surface area contributed by atoms with Crippen LogP contribution in [0.3, 0.4) is 0 Å². The molecule has 1 amide bonds. The lowest BCUT2D eigenvalue weighted by atomic mass is 10.2.